The first kappa shape index (κ1) is 20.7. The fourth-order valence-electron chi connectivity index (χ4n) is 3.48. The van der Waals surface area contributed by atoms with E-state index in [1.54, 1.807) is 23.1 Å². The summed E-state index contributed by atoms with van der Waals surface area (Å²) in [5.74, 6) is 0.686. The molecule has 3 rings (SSSR count). The first-order valence-electron chi connectivity index (χ1n) is 9.32. The number of aliphatic hydroxyl groups excluding tert-OH is 1. The van der Waals surface area contributed by atoms with Crippen molar-refractivity contribution < 1.29 is 28.7 Å². The number of rotatable bonds is 6. The van der Waals surface area contributed by atoms with Gasteiger partial charge in [0.2, 0.25) is 5.91 Å². The molecule has 156 valence electrons. The standard InChI is InChI=1S/C20H25N3O6/c1-11(24)19-17(20(26)23-8-7-14(10-23)21-12(2)25)18(22-29-19)13-5-6-15(27-3)16(9-13)28-4/h5-6,9,11,14,24H,7-8,10H2,1-4H3,(H,21,25)/t11-,14+/m0/s1. The van der Waals surface area contributed by atoms with E-state index in [9.17, 15) is 14.7 Å². The topological polar surface area (TPSA) is 114 Å². The minimum absolute atomic E-state index is 0.0998. The summed E-state index contributed by atoms with van der Waals surface area (Å²) < 4.78 is 15.9. The van der Waals surface area contributed by atoms with Gasteiger partial charge in [-0.05, 0) is 31.5 Å². The maximum Gasteiger partial charge on any atom is 0.259 e. The number of methoxy groups -OCH3 is 2. The van der Waals surface area contributed by atoms with Crippen molar-refractivity contribution in [3.8, 4) is 22.8 Å². The smallest absolute Gasteiger partial charge is 0.259 e. The minimum atomic E-state index is -1.01. The van der Waals surface area contributed by atoms with Crippen molar-refractivity contribution in [1.82, 2.24) is 15.4 Å². The van der Waals surface area contributed by atoms with Crippen LogP contribution in [0.4, 0.5) is 0 Å². The molecule has 0 aliphatic carbocycles. The van der Waals surface area contributed by atoms with E-state index in [0.29, 0.717) is 42.3 Å². The van der Waals surface area contributed by atoms with E-state index in [-0.39, 0.29) is 29.2 Å². The van der Waals surface area contributed by atoms with E-state index < -0.39 is 6.10 Å². The number of nitrogens with one attached hydrogen (secondary N) is 1. The molecule has 1 fully saturated rings. The Morgan fingerprint density at radius 3 is 2.66 bits per heavy atom. The van der Waals surface area contributed by atoms with Crippen molar-refractivity contribution in [3.63, 3.8) is 0 Å². The first-order valence-corrected chi connectivity index (χ1v) is 9.32. The van der Waals surface area contributed by atoms with Crippen molar-refractivity contribution in [2.75, 3.05) is 27.3 Å². The lowest BCUT2D eigenvalue weighted by Crippen LogP contribution is -2.37. The third-order valence-electron chi connectivity index (χ3n) is 4.85. The monoisotopic (exact) mass is 403 g/mol. The predicted molar refractivity (Wildman–Crippen MR) is 104 cm³/mol. The predicted octanol–water partition coefficient (Wildman–Crippen LogP) is 1.76. The van der Waals surface area contributed by atoms with Crippen LogP contribution in [0.2, 0.25) is 0 Å². The molecular formula is C20H25N3O6. The van der Waals surface area contributed by atoms with Gasteiger partial charge >= 0.3 is 0 Å². The van der Waals surface area contributed by atoms with Crippen LogP contribution >= 0.6 is 0 Å². The zero-order valence-electron chi connectivity index (χ0n) is 16.9. The Labute approximate surface area is 168 Å². The SMILES string of the molecule is COc1ccc(-c2noc([C@H](C)O)c2C(=O)N2CC[C@@H](NC(C)=O)C2)cc1OC. The van der Waals surface area contributed by atoms with Crippen LogP contribution in [-0.2, 0) is 4.79 Å². The molecule has 9 nitrogen and oxygen atoms in total. The molecule has 0 unspecified atom stereocenters. The summed E-state index contributed by atoms with van der Waals surface area (Å²) in [6.45, 7) is 3.83. The summed E-state index contributed by atoms with van der Waals surface area (Å²) in [6, 6.07) is 5.05. The van der Waals surface area contributed by atoms with Gasteiger partial charge in [0.1, 0.15) is 17.4 Å². The number of carbonyl (C=O) groups excluding carboxylic acids is 2. The number of hydrogen-bond acceptors (Lipinski definition) is 7. The molecule has 0 bridgehead atoms. The van der Waals surface area contributed by atoms with Crippen LogP contribution in [0.3, 0.4) is 0 Å². The average molecular weight is 403 g/mol. The third kappa shape index (κ3) is 4.19. The fraction of sp³-hybridized carbons (Fsp3) is 0.450. The highest BCUT2D eigenvalue weighted by Gasteiger charge is 2.34. The number of aliphatic hydroxyl groups is 1. The lowest BCUT2D eigenvalue weighted by Gasteiger charge is -2.18. The average Bonchev–Trinajstić information content (AvgIpc) is 3.33. The second-order valence-corrected chi connectivity index (χ2v) is 6.95. The second kappa shape index (κ2) is 8.52. The quantitative estimate of drug-likeness (QED) is 0.755. The van der Waals surface area contributed by atoms with Gasteiger partial charge < -0.3 is 29.3 Å². The molecule has 1 aromatic carbocycles. The van der Waals surface area contributed by atoms with Crippen LogP contribution in [0, 0.1) is 0 Å². The third-order valence-corrected chi connectivity index (χ3v) is 4.85. The van der Waals surface area contributed by atoms with Gasteiger partial charge in [0, 0.05) is 31.6 Å². The Morgan fingerprint density at radius 2 is 2.03 bits per heavy atom. The molecule has 1 aromatic heterocycles. The molecule has 1 aliphatic rings. The van der Waals surface area contributed by atoms with Gasteiger partial charge in [-0.25, -0.2) is 0 Å². The van der Waals surface area contributed by atoms with Crippen molar-refractivity contribution in [2.45, 2.75) is 32.4 Å². The van der Waals surface area contributed by atoms with E-state index >= 15 is 0 Å². The van der Waals surface area contributed by atoms with E-state index in [0.717, 1.165) is 0 Å². The zero-order valence-corrected chi connectivity index (χ0v) is 16.9. The number of carbonyl (C=O) groups is 2. The summed E-state index contributed by atoms with van der Waals surface area (Å²) in [6.07, 6.45) is -0.351. The number of ether oxygens (including phenoxy) is 2. The van der Waals surface area contributed by atoms with Gasteiger partial charge in [0.15, 0.2) is 17.3 Å². The van der Waals surface area contributed by atoms with E-state index in [1.165, 1.54) is 28.1 Å². The highest BCUT2D eigenvalue weighted by atomic mass is 16.5. The molecule has 1 aliphatic heterocycles. The van der Waals surface area contributed by atoms with E-state index in [2.05, 4.69) is 10.5 Å². The first-order chi connectivity index (χ1) is 13.8. The number of likely N-dealkylation sites (tertiary alicyclic amines) is 1. The number of nitrogens with zero attached hydrogens (tertiary/aromatic N) is 2. The van der Waals surface area contributed by atoms with Crippen molar-refractivity contribution in [2.24, 2.45) is 0 Å². The van der Waals surface area contributed by atoms with Crippen LogP contribution in [0.25, 0.3) is 11.3 Å². The van der Waals surface area contributed by atoms with Crippen molar-refractivity contribution in [1.29, 1.82) is 0 Å². The van der Waals surface area contributed by atoms with Gasteiger partial charge in [-0.1, -0.05) is 5.16 Å². The van der Waals surface area contributed by atoms with Gasteiger partial charge in [-0.3, -0.25) is 9.59 Å². The molecule has 2 atom stereocenters. The fourth-order valence-corrected chi connectivity index (χ4v) is 3.48. The summed E-state index contributed by atoms with van der Waals surface area (Å²) in [4.78, 5) is 26.2. The van der Waals surface area contributed by atoms with Gasteiger partial charge in [0.25, 0.3) is 5.91 Å². The molecule has 0 saturated carbocycles. The number of aromatic nitrogens is 1. The van der Waals surface area contributed by atoms with Gasteiger partial charge in [0.05, 0.1) is 14.2 Å². The number of benzene rings is 1. The molecule has 1 saturated heterocycles. The zero-order chi connectivity index (χ0) is 21.1. The van der Waals surface area contributed by atoms with E-state index in [4.69, 9.17) is 14.0 Å². The Morgan fingerprint density at radius 1 is 1.31 bits per heavy atom. The van der Waals surface area contributed by atoms with Crippen molar-refractivity contribution in [3.05, 3.63) is 29.5 Å². The van der Waals surface area contributed by atoms with Crippen LogP contribution in [0.1, 0.15) is 42.5 Å². The largest absolute Gasteiger partial charge is 0.493 e. The molecule has 2 amide bonds. The maximum atomic E-state index is 13.3. The molecule has 29 heavy (non-hydrogen) atoms. The molecule has 9 heteroatoms. The molecule has 0 spiro atoms. The highest BCUT2D eigenvalue weighted by Crippen LogP contribution is 2.36. The van der Waals surface area contributed by atoms with Crippen LogP contribution in [-0.4, -0.2) is 60.3 Å². The summed E-state index contributed by atoms with van der Waals surface area (Å²) in [5, 5.41) is 17.0. The second-order valence-electron chi connectivity index (χ2n) is 6.95. The van der Waals surface area contributed by atoms with E-state index in [1.807, 2.05) is 0 Å². The lowest BCUT2D eigenvalue weighted by molar-refractivity contribution is -0.119. The molecule has 2 aromatic rings. The Balaban J connectivity index is 1.97. The Hall–Kier alpha value is -3.07. The number of amides is 2. The Bertz CT molecular complexity index is 908. The summed E-state index contributed by atoms with van der Waals surface area (Å²) >= 11 is 0. The summed E-state index contributed by atoms with van der Waals surface area (Å²) in [5.41, 5.74) is 1.12. The molecule has 2 heterocycles. The number of hydrogen-bond donors (Lipinski definition) is 2. The van der Waals surface area contributed by atoms with Gasteiger partial charge in [-0.15, -0.1) is 0 Å². The van der Waals surface area contributed by atoms with Crippen LogP contribution < -0.4 is 14.8 Å². The van der Waals surface area contributed by atoms with Crippen LogP contribution in [0.5, 0.6) is 11.5 Å². The van der Waals surface area contributed by atoms with Crippen molar-refractivity contribution >= 4 is 11.8 Å². The molecule has 2 N–H and O–H groups in total. The molecular weight excluding hydrogens is 378 g/mol. The molecule has 0 radical (unpaired) electrons. The lowest BCUT2D eigenvalue weighted by atomic mass is 10.0. The minimum Gasteiger partial charge on any atom is -0.493 e. The van der Waals surface area contributed by atoms with Gasteiger partial charge in [-0.2, -0.15) is 0 Å². The van der Waals surface area contributed by atoms with Crippen LogP contribution in [0.15, 0.2) is 22.7 Å². The summed E-state index contributed by atoms with van der Waals surface area (Å²) in [7, 11) is 3.05. The maximum absolute atomic E-state index is 13.3. The normalized spacial score (nSPS) is 17.1. The Kier molecular flexibility index (Phi) is 6.07. The highest BCUT2D eigenvalue weighted by molar-refractivity contribution is 6.01.